The summed E-state index contributed by atoms with van der Waals surface area (Å²) in [5.74, 6) is -0.0957. The molecule has 0 fully saturated rings. The maximum absolute atomic E-state index is 11.1. The molecule has 0 atom stereocenters. The van der Waals surface area contributed by atoms with Gasteiger partial charge in [0, 0.05) is 24.4 Å². The van der Waals surface area contributed by atoms with Crippen molar-refractivity contribution in [3.05, 3.63) is 41.4 Å². The quantitative estimate of drug-likeness (QED) is 0.507. The average molecular weight is 423 g/mol. The number of anilines is 3. The number of hydrogen-bond donors (Lipinski definition) is 4. The predicted molar refractivity (Wildman–Crippen MR) is 113 cm³/mol. The molecule has 0 saturated carbocycles. The van der Waals surface area contributed by atoms with E-state index < -0.39 is 5.91 Å². The van der Waals surface area contributed by atoms with E-state index in [0.717, 1.165) is 5.69 Å². The monoisotopic (exact) mass is 422 g/mol. The topological polar surface area (TPSA) is 115 Å². The molecule has 148 valence electrons. The molecule has 0 aromatic heterocycles. The van der Waals surface area contributed by atoms with E-state index in [1.807, 2.05) is 0 Å². The molecule has 0 aliphatic carbocycles. The zero-order valence-corrected chi connectivity index (χ0v) is 16.7. The van der Waals surface area contributed by atoms with Gasteiger partial charge in [-0.15, -0.1) is 0 Å². The molecule has 0 unspecified atom stereocenters. The summed E-state index contributed by atoms with van der Waals surface area (Å²) in [6.45, 7) is 1.14. The van der Waals surface area contributed by atoms with Crippen LogP contribution in [-0.2, 0) is 9.59 Å². The van der Waals surface area contributed by atoms with E-state index in [2.05, 4.69) is 16.0 Å². The minimum atomic E-state index is -0.618. The molecule has 0 spiro atoms. The summed E-state index contributed by atoms with van der Waals surface area (Å²) >= 11 is 11.5. The fourth-order valence-electron chi connectivity index (χ4n) is 2.19. The van der Waals surface area contributed by atoms with Gasteiger partial charge >= 0.3 is 0 Å². The van der Waals surface area contributed by atoms with Gasteiger partial charge in [-0.2, -0.15) is 0 Å². The second kappa shape index (κ2) is 9.77. The van der Waals surface area contributed by atoms with Gasteiger partial charge in [-0.1, -0.05) is 11.6 Å². The number of ether oxygens (including phenoxy) is 2. The van der Waals surface area contributed by atoms with Crippen LogP contribution in [0.3, 0.4) is 0 Å². The van der Waals surface area contributed by atoms with Gasteiger partial charge in [-0.3, -0.25) is 9.59 Å². The lowest BCUT2D eigenvalue weighted by molar-refractivity contribution is -0.120. The molecular weight excluding hydrogens is 404 g/mol. The molecule has 0 heterocycles. The molecule has 0 bridgehead atoms. The molecule has 0 saturated heterocycles. The summed E-state index contributed by atoms with van der Waals surface area (Å²) in [6.07, 6.45) is 0. The third kappa shape index (κ3) is 6.29. The van der Waals surface area contributed by atoms with Crippen molar-refractivity contribution < 1.29 is 19.1 Å². The van der Waals surface area contributed by atoms with Crippen LogP contribution < -0.4 is 31.2 Å². The highest BCUT2D eigenvalue weighted by atomic mass is 35.5. The normalized spacial score (nSPS) is 9.96. The van der Waals surface area contributed by atoms with Crippen molar-refractivity contribution in [1.82, 2.24) is 0 Å². The van der Waals surface area contributed by atoms with Gasteiger partial charge in [-0.05, 0) is 42.5 Å². The molecule has 2 amide bonds. The smallest absolute Gasteiger partial charge is 0.255 e. The average Bonchev–Trinajstić information content (AvgIpc) is 2.62. The molecule has 8 nitrogen and oxygen atoms in total. The lowest BCUT2D eigenvalue weighted by Gasteiger charge is -2.16. The SMILES string of the molecule is COc1cc(OCC(N)=O)c(Cl)cc1NC(=S)Nc1ccc(NC(C)=O)cc1. The Labute approximate surface area is 172 Å². The first-order chi connectivity index (χ1) is 13.3. The van der Waals surface area contributed by atoms with Gasteiger partial charge in [0.2, 0.25) is 5.91 Å². The van der Waals surface area contributed by atoms with Crippen LogP contribution >= 0.6 is 23.8 Å². The molecule has 0 aliphatic heterocycles. The van der Waals surface area contributed by atoms with Gasteiger partial charge in [0.25, 0.3) is 5.91 Å². The van der Waals surface area contributed by atoms with Crippen LogP contribution in [0.25, 0.3) is 0 Å². The van der Waals surface area contributed by atoms with Crippen molar-refractivity contribution in [1.29, 1.82) is 0 Å². The summed E-state index contributed by atoms with van der Waals surface area (Å²) in [6, 6.07) is 10.1. The number of nitrogens with two attached hydrogens (primary N) is 1. The van der Waals surface area contributed by atoms with Crippen LogP contribution in [0.4, 0.5) is 17.1 Å². The third-order valence-electron chi connectivity index (χ3n) is 3.34. The van der Waals surface area contributed by atoms with Crippen LogP contribution in [0.5, 0.6) is 11.5 Å². The van der Waals surface area contributed by atoms with Crippen LogP contribution in [0.15, 0.2) is 36.4 Å². The van der Waals surface area contributed by atoms with Crippen LogP contribution in [-0.4, -0.2) is 30.6 Å². The predicted octanol–water partition coefficient (Wildman–Crippen LogP) is 2.98. The highest BCUT2D eigenvalue weighted by Crippen LogP contribution is 2.36. The van der Waals surface area contributed by atoms with Crippen LogP contribution in [0, 0.1) is 0 Å². The van der Waals surface area contributed by atoms with E-state index in [1.54, 1.807) is 30.3 Å². The Morgan fingerprint density at radius 3 is 2.21 bits per heavy atom. The second-order valence-corrected chi connectivity index (χ2v) is 6.39. The maximum Gasteiger partial charge on any atom is 0.255 e. The lowest BCUT2D eigenvalue weighted by atomic mass is 10.2. The van der Waals surface area contributed by atoms with E-state index >= 15 is 0 Å². The van der Waals surface area contributed by atoms with E-state index in [0.29, 0.717) is 22.2 Å². The number of rotatable bonds is 7. The maximum atomic E-state index is 11.1. The Morgan fingerprint density at radius 1 is 1.07 bits per heavy atom. The number of carbonyl (C=O) groups is 2. The number of primary amides is 1. The Hall–Kier alpha value is -3.04. The van der Waals surface area contributed by atoms with Crippen LogP contribution in [0.2, 0.25) is 5.02 Å². The first-order valence-electron chi connectivity index (χ1n) is 8.02. The first-order valence-corrected chi connectivity index (χ1v) is 8.81. The van der Waals surface area contributed by atoms with E-state index in [9.17, 15) is 9.59 Å². The molecule has 2 aromatic rings. The summed E-state index contributed by atoms with van der Waals surface area (Å²) in [5, 5.41) is 9.23. The Balaban J connectivity index is 2.07. The molecule has 2 rings (SSSR count). The zero-order valence-electron chi connectivity index (χ0n) is 15.2. The number of thiocarbonyl (C=S) groups is 1. The zero-order chi connectivity index (χ0) is 20.7. The number of halogens is 1. The van der Waals surface area contributed by atoms with Crippen molar-refractivity contribution in [2.75, 3.05) is 29.7 Å². The molecule has 10 heteroatoms. The molecule has 2 aromatic carbocycles. The van der Waals surface area contributed by atoms with Gasteiger partial charge < -0.3 is 31.2 Å². The lowest BCUT2D eigenvalue weighted by Crippen LogP contribution is -2.21. The van der Waals surface area contributed by atoms with Crippen molar-refractivity contribution >= 4 is 57.8 Å². The minimum Gasteiger partial charge on any atom is -0.494 e. The fourth-order valence-corrected chi connectivity index (χ4v) is 2.63. The number of benzene rings is 2. The van der Waals surface area contributed by atoms with E-state index in [-0.39, 0.29) is 23.3 Å². The first kappa shape index (κ1) is 21.3. The number of amides is 2. The number of methoxy groups -OCH3 is 1. The van der Waals surface area contributed by atoms with E-state index in [4.69, 9.17) is 39.0 Å². The molecule has 0 radical (unpaired) electrons. The fraction of sp³-hybridized carbons (Fsp3) is 0.167. The number of carbonyl (C=O) groups excluding carboxylic acids is 2. The van der Waals surface area contributed by atoms with E-state index in [1.165, 1.54) is 20.1 Å². The Bertz CT molecular complexity index is 890. The third-order valence-corrected chi connectivity index (χ3v) is 3.83. The Morgan fingerprint density at radius 2 is 1.68 bits per heavy atom. The summed E-state index contributed by atoms with van der Waals surface area (Å²) in [5.41, 5.74) is 6.97. The second-order valence-electron chi connectivity index (χ2n) is 5.58. The van der Waals surface area contributed by atoms with Crippen molar-refractivity contribution in [2.24, 2.45) is 5.73 Å². The van der Waals surface area contributed by atoms with Gasteiger partial charge in [0.05, 0.1) is 17.8 Å². The molecule has 28 heavy (non-hydrogen) atoms. The van der Waals surface area contributed by atoms with Crippen LogP contribution in [0.1, 0.15) is 6.92 Å². The number of nitrogens with one attached hydrogen (secondary N) is 3. The standard InChI is InChI=1S/C18H19ClN4O4S/c1-10(24)21-11-3-5-12(6-4-11)22-18(28)23-14-7-13(19)15(8-16(14)26-2)27-9-17(20)25/h3-8H,9H2,1-2H3,(H2,20,25)(H,21,24)(H2,22,23,28). The van der Waals surface area contributed by atoms with Gasteiger partial charge in [-0.25, -0.2) is 0 Å². The highest BCUT2D eigenvalue weighted by Gasteiger charge is 2.13. The molecule has 5 N–H and O–H groups in total. The largest absolute Gasteiger partial charge is 0.494 e. The van der Waals surface area contributed by atoms with Gasteiger partial charge in [0.15, 0.2) is 11.7 Å². The Kier molecular flexibility index (Phi) is 7.42. The number of hydrogen-bond acceptors (Lipinski definition) is 5. The van der Waals surface area contributed by atoms with Crippen molar-refractivity contribution in [3.63, 3.8) is 0 Å². The van der Waals surface area contributed by atoms with Gasteiger partial charge in [0.1, 0.15) is 11.5 Å². The molecule has 0 aliphatic rings. The summed E-state index contributed by atoms with van der Waals surface area (Å²) in [7, 11) is 1.48. The summed E-state index contributed by atoms with van der Waals surface area (Å²) < 4.78 is 10.5. The summed E-state index contributed by atoms with van der Waals surface area (Å²) in [4.78, 5) is 21.9. The van der Waals surface area contributed by atoms with Crippen molar-refractivity contribution in [2.45, 2.75) is 6.92 Å². The highest BCUT2D eigenvalue weighted by molar-refractivity contribution is 7.80. The van der Waals surface area contributed by atoms with Crippen molar-refractivity contribution in [3.8, 4) is 11.5 Å². The minimum absolute atomic E-state index is 0.148. The molecular formula is C18H19ClN4O4S.